The van der Waals surface area contributed by atoms with Crippen molar-refractivity contribution in [3.05, 3.63) is 65.4 Å². The molecule has 0 unspecified atom stereocenters. The molecule has 0 aliphatic rings. The number of benzene rings is 2. The van der Waals surface area contributed by atoms with Gasteiger partial charge in [-0.15, -0.1) is 0 Å². The van der Waals surface area contributed by atoms with Crippen LogP contribution in [-0.4, -0.2) is 23.3 Å². The minimum Gasteiger partial charge on any atom is -0.483 e. The van der Waals surface area contributed by atoms with Gasteiger partial charge in [0.1, 0.15) is 5.75 Å². The molecular formula is C20H21N3O2. The molecule has 5 nitrogen and oxygen atoms in total. The molecule has 0 saturated heterocycles. The third-order valence-corrected chi connectivity index (χ3v) is 4.23. The van der Waals surface area contributed by atoms with E-state index in [9.17, 15) is 4.79 Å². The molecule has 1 amide bonds. The molecular weight excluding hydrogens is 314 g/mol. The monoisotopic (exact) mass is 335 g/mol. The molecule has 0 aliphatic heterocycles. The number of nitrogens with zero attached hydrogens (tertiary/aromatic N) is 2. The normalized spacial score (nSPS) is 11.2. The predicted octanol–water partition coefficient (Wildman–Crippen LogP) is 3.32. The molecule has 0 aliphatic carbocycles. The van der Waals surface area contributed by atoms with E-state index in [2.05, 4.69) is 10.5 Å². The fourth-order valence-corrected chi connectivity index (χ4v) is 2.71. The van der Waals surface area contributed by atoms with E-state index >= 15 is 0 Å². The smallest absolute Gasteiger partial charge is 0.277 e. The maximum atomic E-state index is 11.9. The molecule has 0 fully saturated rings. The fourth-order valence-electron chi connectivity index (χ4n) is 2.71. The topological polar surface area (TPSA) is 55.6 Å². The molecule has 3 aromatic rings. The van der Waals surface area contributed by atoms with E-state index in [4.69, 9.17) is 4.74 Å². The zero-order chi connectivity index (χ0) is 17.8. The Balaban J connectivity index is 1.60. The molecule has 2 aromatic carbocycles. The van der Waals surface area contributed by atoms with Crippen LogP contribution in [0.15, 0.2) is 53.8 Å². The van der Waals surface area contributed by atoms with E-state index < -0.39 is 0 Å². The van der Waals surface area contributed by atoms with Crippen LogP contribution in [0.1, 0.15) is 16.7 Å². The number of rotatable bonds is 5. The number of carbonyl (C=O) groups excluding carboxylic acids is 1. The number of para-hydroxylation sites is 1. The summed E-state index contributed by atoms with van der Waals surface area (Å²) in [6.07, 6.45) is 3.63. The van der Waals surface area contributed by atoms with Gasteiger partial charge in [0.2, 0.25) is 0 Å². The van der Waals surface area contributed by atoms with Gasteiger partial charge in [-0.2, -0.15) is 5.10 Å². The standard InChI is InChI=1S/C20H21N3O2/c1-14-7-6-10-19(15(14)2)25-13-20(24)22-21-11-16-12-23(3)18-9-5-4-8-17(16)18/h4-12H,13H2,1-3H3,(H,22,24). The van der Waals surface area contributed by atoms with Gasteiger partial charge in [0, 0.05) is 29.7 Å². The molecule has 0 radical (unpaired) electrons. The second-order valence-corrected chi connectivity index (χ2v) is 5.99. The van der Waals surface area contributed by atoms with Crippen molar-refractivity contribution in [2.45, 2.75) is 13.8 Å². The average Bonchev–Trinajstić information content (AvgIpc) is 2.93. The highest BCUT2D eigenvalue weighted by Crippen LogP contribution is 2.20. The minimum atomic E-state index is -0.294. The number of hydrogen-bond donors (Lipinski definition) is 1. The van der Waals surface area contributed by atoms with E-state index in [1.807, 2.05) is 74.1 Å². The Kier molecular flexibility index (Phi) is 4.84. The van der Waals surface area contributed by atoms with E-state index in [-0.39, 0.29) is 12.5 Å². The van der Waals surface area contributed by atoms with Crippen LogP contribution in [0.25, 0.3) is 10.9 Å². The highest BCUT2D eigenvalue weighted by molar-refractivity contribution is 5.99. The fraction of sp³-hybridized carbons (Fsp3) is 0.200. The van der Waals surface area contributed by atoms with Gasteiger partial charge in [-0.25, -0.2) is 5.43 Å². The van der Waals surface area contributed by atoms with Crippen molar-refractivity contribution in [1.82, 2.24) is 9.99 Å². The van der Waals surface area contributed by atoms with Crippen molar-refractivity contribution >= 4 is 23.0 Å². The lowest BCUT2D eigenvalue weighted by molar-refractivity contribution is -0.123. The molecule has 25 heavy (non-hydrogen) atoms. The maximum Gasteiger partial charge on any atom is 0.277 e. The number of hydrazone groups is 1. The van der Waals surface area contributed by atoms with Gasteiger partial charge in [-0.3, -0.25) is 4.79 Å². The number of carbonyl (C=O) groups is 1. The second-order valence-electron chi connectivity index (χ2n) is 5.99. The highest BCUT2D eigenvalue weighted by atomic mass is 16.5. The Hall–Kier alpha value is -3.08. The number of aryl methyl sites for hydroxylation is 2. The summed E-state index contributed by atoms with van der Waals surface area (Å²) in [6.45, 7) is 3.91. The molecule has 1 N–H and O–H groups in total. The summed E-state index contributed by atoms with van der Waals surface area (Å²) < 4.78 is 7.60. The van der Waals surface area contributed by atoms with Gasteiger partial charge in [-0.05, 0) is 37.1 Å². The summed E-state index contributed by atoms with van der Waals surface area (Å²) >= 11 is 0. The van der Waals surface area contributed by atoms with Gasteiger partial charge in [0.15, 0.2) is 6.61 Å². The van der Waals surface area contributed by atoms with Crippen LogP contribution < -0.4 is 10.2 Å². The van der Waals surface area contributed by atoms with Crippen LogP contribution in [-0.2, 0) is 11.8 Å². The summed E-state index contributed by atoms with van der Waals surface area (Å²) in [6, 6.07) is 13.8. The van der Waals surface area contributed by atoms with Crippen molar-refractivity contribution in [2.75, 3.05) is 6.61 Å². The van der Waals surface area contributed by atoms with Crippen LogP contribution in [0.2, 0.25) is 0 Å². The first-order chi connectivity index (χ1) is 12.1. The van der Waals surface area contributed by atoms with Crippen molar-refractivity contribution in [3.8, 4) is 5.75 Å². The van der Waals surface area contributed by atoms with Crippen LogP contribution in [0.3, 0.4) is 0 Å². The first-order valence-electron chi connectivity index (χ1n) is 8.11. The molecule has 0 bridgehead atoms. The van der Waals surface area contributed by atoms with Crippen LogP contribution in [0, 0.1) is 13.8 Å². The third kappa shape index (κ3) is 3.71. The largest absolute Gasteiger partial charge is 0.483 e. The van der Waals surface area contributed by atoms with E-state index in [1.54, 1.807) is 6.21 Å². The molecule has 128 valence electrons. The van der Waals surface area contributed by atoms with Crippen molar-refractivity contribution < 1.29 is 9.53 Å². The lowest BCUT2D eigenvalue weighted by Crippen LogP contribution is -2.24. The van der Waals surface area contributed by atoms with Gasteiger partial charge in [0.25, 0.3) is 5.91 Å². The number of ether oxygens (including phenoxy) is 1. The van der Waals surface area contributed by atoms with Crippen LogP contribution in [0.4, 0.5) is 0 Å². The zero-order valence-corrected chi connectivity index (χ0v) is 14.6. The van der Waals surface area contributed by atoms with Gasteiger partial charge >= 0.3 is 0 Å². The summed E-state index contributed by atoms with van der Waals surface area (Å²) in [7, 11) is 1.98. The number of nitrogens with one attached hydrogen (secondary N) is 1. The third-order valence-electron chi connectivity index (χ3n) is 4.23. The predicted molar refractivity (Wildman–Crippen MR) is 100 cm³/mol. The molecule has 1 heterocycles. The Bertz CT molecular complexity index is 941. The quantitative estimate of drug-likeness (QED) is 0.574. The first kappa shape index (κ1) is 16.8. The van der Waals surface area contributed by atoms with Gasteiger partial charge in [-0.1, -0.05) is 30.3 Å². The zero-order valence-electron chi connectivity index (χ0n) is 14.6. The maximum absolute atomic E-state index is 11.9. The average molecular weight is 335 g/mol. The molecule has 3 rings (SSSR count). The molecule has 0 saturated carbocycles. The lowest BCUT2D eigenvalue weighted by Gasteiger charge is -2.09. The Morgan fingerprint density at radius 1 is 1.20 bits per heavy atom. The van der Waals surface area contributed by atoms with Crippen LogP contribution >= 0.6 is 0 Å². The number of fused-ring (bicyclic) bond motifs is 1. The lowest BCUT2D eigenvalue weighted by atomic mass is 10.1. The van der Waals surface area contributed by atoms with E-state index in [0.717, 1.165) is 27.6 Å². The van der Waals surface area contributed by atoms with Crippen molar-refractivity contribution in [3.63, 3.8) is 0 Å². The van der Waals surface area contributed by atoms with Crippen LogP contribution in [0.5, 0.6) is 5.75 Å². The van der Waals surface area contributed by atoms with Gasteiger partial charge < -0.3 is 9.30 Å². The summed E-state index contributed by atoms with van der Waals surface area (Å²) in [4.78, 5) is 11.9. The van der Waals surface area contributed by atoms with E-state index in [0.29, 0.717) is 5.75 Å². The molecule has 5 heteroatoms. The number of aromatic nitrogens is 1. The molecule has 1 aromatic heterocycles. The number of hydrogen-bond acceptors (Lipinski definition) is 3. The molecule has 0 spiro atoms. The van der Waals surface area contributed by atoms with Crippen molar-refractivity contribution in [2.24, 2.45) is 12.1 Å². The second kappa shape index (κ2) is 7.21. The minimum absolute atomic E-state index is 0.0723. The molecule has 0 atom stereocenters. The Labute approximate surface area is 146 Å². The van der Waals surface area contributed by atoms with Crippen molar-refractivity contribution in [1.29, 1.82) is 0 Å². The van der Waals surface area contributed by atoms with Gasteiger partial charge in [0.05, 0.1) is 6.21 Å². The number of amides is 1. The summed E-state index contributed by atoms with van der Waals surface area (Å²) in [5, 5.41) is 5.13. The Morgan fingerprint density at radius 2 is 2.00 bits per heavy atom. The first-order valence-corrected chi connectivity index (χ1v) is 8.11. The van der Waals surface area contributed by atoms with E-state index in [1.165, 1.54) is 0 Å². The Morgan fingerprint density at radius 3 is 2.84 bits per heavy atom. The highest BCUT2D eigenvalue weighted by Gasteiger charge is 2.06. The summed E-state index contributed by atoms with van der Waals surface area (Å²) in [5.41, 5.74) is 6.75. The SMILES string of the molecule is Cc1cccc(OCC(=O)NN=Cc2cn(C)c3ccccc23)c1C. The summed E-state index contributed by atoms with van der Waals surface area (Å²) in [5.74, 6) is 0.422.